The average Bonchev–Trinajstić information content (AvgIpc) is 2.72. The maximum Gasteiger partial charge on any atom is 0.338 e. The third-order valence-electron chi connectivity index (χ3n) is 4.37. The molecule has 0 bridgehead atoms. The van der Waals surface area contributed by atoms with Crippen molar-refractivity contribution in [3.05, 3.63) is 91.2 Å². The van der Waals surface area contributed by atoms with Crippen molar-refractivity contribution in [2.75, 3.05) is 7.11 Å². The Morgan fingerprint density at radius 2 is 1.69 bits per heavy atom. The minimum absolute atomic E-state index is 0.112. The van der Waals surface area contributed by atoms with E-state index in [1.54, 1.807) is 19.1 Å². The monoisotopic (exact) mass is 396 g/mol. The van der Waals surface area contributed by atoms with Crippen molar-refractivity contribution in [1.29, 1.82) is 0 Å². The number of carbonyl (C=O) groups excluding carboxylic acids is 1. The van der Waals surface area contributed by atoms with E-state index >= 15 is 0 Å². The number of nitrogens with one attached hydrogen (secondary N) is 1. The maximum absolute atomic E-state index is 12.4. The van der Waals surface area contributed by atoms with Gasteiger partial charge >= 0.3 is 5.97 Å². The van der Waals surface area contributed by atoms with Crippen molar-refractivity contribution in [3.8, 4) is 0 Å². The number of rotatable bonds is 5. The number of amidine groups is 1. The first-order valence-electron chi connectivity index (χ1n) is 8.45. The molecule has 148 valence electrons. The van der Waals surface area contributed by atoms with Crippen LogP contribution in [0.25, 0.3) is 0 Å². The summed E-state index contributed by atoms with van der Waals surface area (Å²) in [7, 11) is 1.23. The number of nitro groups is 2. The first kappa shape index (κ1) is 19.7. The highest BCUT2D eigenvalue weighted by Gasteiger charge is 2.31. The molecule has 2 aromatic rings. The molecule has 1 aliphatic heterocycles. The molecule has 0 amide bonds. The molecule has 0 radical (unpaired) electrons. The summed E-state index contributed by atoms with van der Waals surface area (Å²) >= 11 is 0. The Bertz CT molecular complexity index is 1080. The van der Waals surface area contributed by atoms with Crippen LogP contribution in [0.1, 0.15) is 24.1 Å². The van der Waals surface area contributed by atoms with Crippen molar-refractivity contribution in [1.82, 2.24) is 5.32 Å². The number of benzene rings is 2. The summed E-state index contributed by atoms with van der Waals surface area (Å²) in [5.74, 6) is -0.330. The Labute approximate surface area is 164 Å². The van der Waals surface area contributed by atoms with E-state index in [1.807, 2.05) is 0 Å². The van der Waals surface area contributed by atoms with Crippen LogP contribution in [0.3, 0.4) is 0 Å². The van der Waals surface area contributed by atoms with Crippen LogP contribution in [-0.4, -0.2) is 28.8 Å². The summed E-state index contributed by atoms with van der Waals surface area (Å²) in [5.41, 5.74) is 1.24. The van der Waals surface area contributed by atoms with Gasteiger partial charge in [0.1, 0.15) is 11.9 Å². The van der Waals surface area contributed by atoms with Gasteiger partial charge in [-0.2, -0.15) is 0 Å². The van der Waals surface area contributed by atoms with Crippen molar-refractivity contribution >= 4 is 23.2 Å². The highest BCUT2D eigenvalue weighted by Crippen LogP contribution is 2.34. The van der Waals surface area contributed by atoms with Gasteiger partial charge in [0.25, 0.3) is 11.4 Å². The minimum atomic E-state index is -0.877. The van der Waals surface area contributed by atoms with Crippen LogP contribution >= 0.6 is 0 Å². The van der Waals surface area contributed by atoms with Crippen LogP contribution in [0.15, 0.2) is 64.8 Å². The molecule has 1 heterocycles. The Hall–Kier alpha value is -4.08. The van der Waals surface area contributed by atoms with Gasteiger partial charge < -0.3 is 10.1 Å². The number of esters is 1. The molecule has 0 saturated heterocycles. The van der Waals surface area contributed by atoms with Crippen LogP contribution in [0.5, 0.6) is 0 Å². The minimum Gasteiger partial charge on any atom is -0.466 e. The lowest BCUT2D eigenvalue weighted by molar-refractivity contribution is -0.385. The predicted octanol–water partition coefficient (Wildman–Crippen LogP) is 3.04. The second kappa shape index (κ2) is 7.89. The molecule has 0 aromatic heterocycles. The number of carbonyl (C=O) groups is 1. The van der Waals surface area contributed by atoms with Crippen LogP contribution in [0.2, 0.25) is 0 Å². The predicted molar refractivity (Wildman–Crippen MR) is 103 cm³/mol. The van der Waals surface area contributed by atoms with E-state index in [2.05, 4.69) is 10.3 Å². The fourth-order valence-corrected chi connectivity index (χ4v) is 3.01. The quantitative estimate of drug-likeness (QED) is 0.466. The molecule has 0 aliphatic carbocycles. The number of hydrogen-bond acceptors (Lipinski definition) is 8. The van der Waals surface area contributed by atoms with Gasteiger partial charge in [0.2, 0.25) is 0 Å². The van der Waals surface area contributed by atoms with Crippen molar-refractivity contribution in [2.24, 2.45) is 4.99 Å². The Kier molecular flexibility index (Phi) is 5.35. The highest BCUT2D eigenvalue weighted by molar-refractivity contribution is 6.04. The SMILES string of the molecule is COC(=O)C1=C(C)NC(c2cccc([N+](=O)[O-])c2)=N[C@@H]1c1cccc([N+](=O)[O-])c1. The molecule has 1 aliphatic rings. The summed E-state index contributed by atoms with van der Waals surface area (Å²) in [6.45, 7) is 1.64. The van der Waals surface area contributed by atoms with E-state index in [0.29, 0.717) is 22.7 Å². The fourth-order valence-electron chi connectivity index (χ4n) is 3.01. The first-order chi connectivity index (χ1) is 13.8. The number of methoxy groups -OCH3 is 1. The van der Waals surface area contributed by atoms with Gasteiger partial charge in [0.15, 0.2) is 0 Å². The van der Waals surface area contributed by atoms with Gasteiger partial charge in [-0.15, -0.1) is 0 Å². The number of aliphatic imine (C=N–C) groups is 1. The molecule has 1 atom stereocenters. The van der Waals surface area contributed by atoms with Gasteiger partial charge in [0, 0.05) is 35.5 Å². The fraction of sp³-hybridized carbons (Fsp3) is 0.158. The number of ether oxygens (including phenoxy) is 1. The van der Waals surface area contributed by atoms with Crippen LogP contribution < -0.4 is 5.32 Å². The summed E-state index contributed by atoms with van der Waals surface area (Å²) in [4.78, 5) is 38.0. The topological polar surface area (TPSA) is 137 Å². The van der Waals surface area contributed by atoms with E-state index in [0.717, 1.165) is 0 Å². The largest absolute Gasteiger partial charge is 0.466 e. The van der Waals surface area contributed by atoms with Crippen LogP contribution in [-0.2, 0) is 9.53 Å². The van der Waals surface area contributed by atoms with E-state index < -0.39 is 21.9 Å². The van der Waals surface area contributed by atoms with Crippen LogP contribution in [0.4, 0.5) is 11.4 Å². The second-order valence-corrected chi connectivity index (χ2v) is 6.20. The number of hydrogen-bond donors (Lipinski definition) is 1. The standard InChI is InChI=1S/C19H16N4O6/c1-11-16(19(24)29-2)17(12-5-3-7-14(9-12)22(25)26)21-18(20-11)13-6-4-8-15(10-13)23(27)28/h3-10,17H,1-2H3,(H,20,21)/t17-/m1/s1. The number of nitro benzene ring substituents is 2. The van der Waals surface area contributed by atoms with Gasteiger partial charge in [-0.1, -0.05) is 24.3 Å². The third kappa shape index (κ3) is 3.95. The van der Waals surface area contributed by atoms with E-state index in [-0.39, 0.29) is 16.9 Å². The molecule has 0 spiro atoms. The third-order valence-corrected chi connectivity index (χ3v) is 4.37. The molecule has 0 fully saturated rings. The van der Waals surface area contributed by atoms with E-state index in [1.165, 1.54) is 43.5 Å². The van der Waals surface area contributed by atoms with Crippen molar-refractivity contribution in [3.63, 3.8) is 0 Å². The average molecular weight is 396 g/mol. The normalized spacial score (nSPS) is 15.9. The molecule has 3 rings (SSSR count). The molecule has 10 heteroatoms. The lowest BCUT2D eigenvalue weighted by atomic mass is 9.95. The molecule has 1 N–H and O–H groups in total. The lowest BCUT2D eigenvalue weighted by Gasteiger charge is -2.26. The molecule has 29 heavy (non-hydrogen) atoms. The van der Waals surface area contributed by atoms with E-state index in [4.69, 9.17) is 4.74 Å². The zero-order valence-electron chi connectivity index (χ0n) is 15.5. The summed E-state index contributed by atoms with van der Waals surface area (Å²) in [6.07, 6.45) is 0. The summed E-state index contributed by atoms with van der Waals surface area (Å²) < 4.78 is 4.85. The molecule has 2 aromatic carbocycles. The Morgan fingerprint density at radius 3 is 2.31 bits per heavy atom. The zero-order valence-corrected chi connectivity index (χ0v) is 15.5. The summed E-state index contributed by atoms with van der Waals surface area (Å²) in [6, 6.07) is 10.8. The first-order valence-corrected chi connectivity index (χ1v) is 8.45. The summed E-state index contributed by atoms with van der Waals surface area (Å²) in [5, 5.41) is 25.2. The number of non-ortho nitro benzene ring substituents is 2. The maximum atomic E-state index is 12.4. The second-order valence-electron chi connectivity index (χ2n) is 6.20. The van der Waals surface area contributed by atoms with Crippen molar-refractivity contribution < 1.29 is 19.4 Å². The van der Waals surface area contributed by atoms with Gasteiger partial charge in [-0.3, -0.25) is 25.2 Å². The lowest BCUT2D eigenvalue weighted by Crippen LogP contribution is -2.32. The van der Waals surface area contributed by atoms with Gasteiger partial charge in [-0.05, 0) is 12.5 Å². The Balaban J connectivity index is 2.14. The molecule has 0 unspecified atom stereocenters. The molecule has 10 nitrogen and oxygen atoms in total. The smallest absolute Gasteiger partial charge is 0.338 e. The van der Waals surface area contributed by atoms with Crippen molar-refractivity contribution in [2.45, 2.75) is 13.0 Å². The molecular formula is C19H16N4O6. The highest BCUT2D eigenvalue weighted by atomic mass is 16.6. The number of allylic oxidation sites excluding steroid dienone is 1. The molecular weight excluding hydrogens is 380 g/mol. The molecule has 0 saturated carbocycles. The van der Waals surface area contributed by atoms with E-state index in [9.17, 15) is 25.0 Å². The number of nitrogens with zero attached hydrogens (tertiary/aromatic N) is 3. The zero-order chi connectivity index (χ0) is 21.1. The Morgan fingerprint density at radius 1 is 1.07 bits per heavy atom. The van der Waals surface area contributed by atoms with Gasteiger partial charge in [-0.25, -0.2) is 4.79 Å². The van der Waals surface area contributed by atoms with Gasteiger partial charge in [0.05, 0.1) is 22.5 Å². The van der Waals surface area contributed by atoms with Crippen LogP contribution in [0, 0.1) is 20.2 Å².